The first kappa shape index (κ1) is 30.2. The Morgan fingerprint density at radius 3 is 2.18 bits per heavy atom. The van der Waals surface area contributed by atoms with Crippen molar-refractivity contribution in [3.05, 3.63) is 70.3 Å². The number of hydrogen-bond donors (Lipinski definition) is 4. The number of methoxy groups -OCH3 is 1. The number of rotatable bonds is 13. The Hall–Kier alpha value is -5.05. The highest BCUT2D eigenvalue weighted by atomic mass is 16.6. The first-order valence-corrected chi connectivity index (χ1v) is 11.3. The molecule has 0 bridgehead atoms. The van der Waals surface area contributed by atoms with Crippen LogP contribution in [0, 0.1) is 10.1 Å². The van der Waals surface area contributed by atoms with Crippen molar-refractivity contribution in [1.82, 2.24) is 16.0 Å². The molecule has 0 unspecified atom stereocenters. The van der Waals surface area contributed by atoms with Crippen LogP contribution in [0.4, 0.5) is 10.5 Å². The fraction of sp³-hybridized carbons (Fsp3) is 0.292. The van der Waals surface area contributed by atoms with Gasteiger partial charge in [0.2, 0.25) is 11.8 Å². The van der Waals surface area contributed by atoms with E-state index in [0.29, 0.717) is 5.56 Å². The SMILES string of the molecule is COC(=O)C[C@H](NC(=O)OCc1ccccc1)C(=O)N[C@@H](CO)C(=O)NCC(=O)Oc1ccc([N+](=O)[O-])cc1. The molecule has 0 heterocycles. The van der Waals surface area contributed by atoms with Crippen molar-refractivity contribution in [2.45, 2.75) is 25.1 Å². The van der Waals surface area contributed by atoms with E-state index in [0.717, 1.165) is 19.2 Å². The highest BCUT2D eigenvalue weighted by Crippen LogP contribution is 2.17. The van der Waals surface area contributed by atoms with Crippen molar-refractivity contribution in [1.29, 1.82) is 0 Å². The van der Waals surface area contributed by atoms with Crippen LogP contribution in [-0.4, -0.2) is 72.2 Å². The number of nitrogens with one attached hydrogen (secondary N) is 3. The summed E-state index contributed by atoms with van der Waals surface area (Å²) in [6.07, 6.45) is -1.63. The van der Waals surface area contributed by atoms with Crippen molar-refractivity contribution in [2.75, 3.05) is 20.3 Å². The van der Waals surface area contributed by atoms with Crippen molar-refractivity contribution in [3.8, 4) is 5.75 Å². The van der Waals surface area contributed by atoms with Gasteiger partial charge in [0.05, 0.1) is 25.1 Å². The predicted molar refractivity (Wildman–Crippen MR) is 131 cm³/mol. The van der Waals surface area contributed by atoms with Gasteiger partial charge < -0.3 is 35.3 Å². The Morgan fingerprint density at radius 1 is 0.923 bits per heavy atom. The van der Waals surface area contributed by atoms with Gasteiger partial charge in [0.1, 0.15) is 31.0 Å². The molecule has 2 aromatic carbocycles. The minimum atomic E-state index is -1.56. The maximum absolute atomic E-state index is 12.7. The van der Waals surface area contributed by atoms with Crippen LogP contribution in [0.5, 0.6) is 5.75 Å². The lowest BCUT2D eigenvalue weighted by molar-refractivity contribution is -0.384. The molecule has 0 aliphatic carbocycles. The first-order chi connectivity index (χ1) is 18.6. The maximum Gasteiger partial charge on any atom is 0.408 e. The molecule has 0 saturated heterocycles. The van der Waals surface area contributed by atoms with Gasteiger partial charge in [-0.05, 0) is 17.7 Å². The molecule has 15 nitrogen and oxygen atoms in total. The minimum absolute atomic E-state index is 0.0114. The summed E-state index contributed by atoms with van der Waals surface area (Å²) in [5.74, 6) is -3.79. The third kappa shape index (κ3) is 10.5. The summed E-state index contributed by atoms with van der Waals surface area (Å²) in [5, 5.41) is 26.8. The van der Waals surface area contributed by atoms with E-state index in [1.54, 1.807) is 30.3 Å². The molecule has 0 spiro atoms. The van der Waals surface area contributed by atoms with E-state index in [1.165, 1.54) is 12.1 Å². The number of amides is 3. The third-order valence-corrected chi connectivity index (χ3v) is 4.92. The van der Waals surface area contributed by atoms with Crippen molar-refractivity contribution < 1.29 is 48.2 Å². The Kier molecular flexibility index (Phi) is 11.8. The number of non-ortho nitro benzene ring substituents is 1. The zero-order valence-corrected chi connectivity index (χ0v) is 20.7. The zero-order valence-electron chi connectivity index (χ0n) is 20.7. The van der Waals surface area contributed by atoms with E-state index in [1.807, 2.05) is 0 Å². The number of esters is 2. The Morgan fingerprint density at radius 2 is 1.59 bits per heavy atom. The molecule has 2 rings (SSSR count). The molecule has 0 aliphatic rings. The number of nitro benzene ring substituents is 1. The lowest BCUT2D eigenvalue weighted by atomic mass is 10.1. The lowest BCUT2D eigenvalue weighted by Crippen LogP contribution is -2.56. The summed E-state index contributed by atoms with van der Waals surface area (Å²) in [5.41, 5.74) is 0.458. The van der Waals surface area contributed by atoms with Gasteiger partial charge in [-0.3, -0.25) is 24.5 Å². The highest BCUT2D eigenvalue weighted by molar-refractivity contribution is 5.94. The Bertz CT molecular complexity index is 1170. The number of carbonyl (C=O) groups is 5. The molecule has 208 valence electrons. The van der Waals surface area contributed by atoms with Crippen molar-refractivity contribution in [2.24, 2.45) is 0 Å². The molecular weight excluding hydrogens is 520 g/mol. The lowest BCUT2D eigenvalue weighted by Gasteiger charge is -2.21. The number of ether oxygens (including phenoxy) is 3. The molecule has 0 radical (unpaired) electrons. The third-order valence-electron chi connectivity index (χ3n) is 4.92. The van der Waals surface area contributed by atoms with Gasteiger partial charge in [-0.15, -0.1) is 0 Å². The molecular formula is C24H26N4O11. The normalized spacial score (nSPS) is 11.7. The Balaban J connectivity index is 1.91. The molecule has 0 aromatic heterocycles. The summed E-state index contributed by atoms with van der Waals surface area (Å²) in [6.45, 7) is -1.67. The van der Waals surface area contributed by atoms with Gasteiger partial charge in [0.15, 0.2) is 0 Å². The standard InChI is InChI=1S/C24H26N4O11/c1-37-20(30)11-18(27-24(34)38-14-15-5-3-2-4-6-15)23(33)26-19(13-29)22(32)25-12-21(31)39-17-9-7-16(8-10-17)28(35)36/h2-10,18-19,29H,11-14H2,1H3,(H,25,32)(H,26,33)(H,27,34)/t18-,19-/m0/s1. The van der Waals surface area contributed by atoms with Crippen LogP contribution in [0.1, 0.15) is 12.0 Å². The average molecular weight is 546 g/mol. The molecule has 3 amide bonds. The summed E-state index contributed by atoms with van der Waals surface area (Å²) < 4.78 is 14.5. The second-order valence-corrected chi connectivity index (χ2v) is 7.73. The maximum atomic E-state index is 12.7. The number of nitro groups is 1. The number of alkyl carbamates (subject to hydrolysis) is 1. The van der Waals surface area contributed by atoms with Crippen LogP contribution in [0.15, 0.2) is 54.6 Å². The summed E-state index contributed by atoms with van der Waals surface area (Å²) >= 11 is 0. The minimum Gasteiger partial charge on any atom is -0.469 e. The fourth-order valence-electron chi connectivity index (χ4n) is 2.92. The van der Waals surface area contributed by atoms with Crippen LogP contribution in [0.25, 0.3) is 0 Å². The average Bonchev–Trinajstić information content (AvgIpc) is 2.93. The van der Waals surface area contributed by atoms with Gasteiger partial charge in [-0.2, -0.15) is 0 Å². The number of nitrogens with zero attached hydrogens (tertiary/aromatic N) is 1. The largest absolute Gasteiger partial charge is 0.469 e. The fourth-order valence-corrected chi connectivity index (χ4v) is 2.92. The van der Waals surface area contributed by atoms with E-state index in [9.17, 15) is 39.2 Å². The molecule has 4 N–H and O–H groups in total. The van der Waals surface area contributed by atoms with Crippen molar-refractivity contribution >= 4 is 35.5 Å². The quantitative estimate of drug-likeness (QED) is 0.113. The number of hydrogen-bond acceptors (Lipinski definition) is 11. The van der Waals surface area contributed by atoms with Crippen LogP contribution < -0.4 is 20.7 Å². The van der Waals surface area contributed by atoms with Crippen LogP contribution in [-0.2, 0) is 35.3 Å². The Labute approximate surface area is 221 Å². The molecule has 0 aliphatic heterocycles. The van der Waals surface area contributed by atoms with Gasteiger partial charge in [-0.25, -0.2) is 9.59 Å². The summed E-state index contributed by atoms with van der Waals surface area (Å²) in [7, 11) is 1.07. The molecule has 2 aromatic rings. The molecule has 39 heavy (non-hydrogen) atoms. The van der Waals surface area contributed by atoms with E-state index in [4.69, 9.17) is 9.47 Å². The smallest absolute Gasteiger partial charge is 0.408 e. The number of carbonyl (C=O) groups excluding carboxylic acids is 5. The number of benzene rings is 2. The van der Waals surface area contributed by atoms with Crippen LogP contribution in [0.3, 0.4) is 0 Å². The van der Waals surface area contributed by atoms with Crippen LogP contribution >= 0.6 is 0 Å². The molecule has 15 heteroatoms. The highest BCUT2D eigenvalue weighted by Gasteiger charge is 2.29. The van der Waals surface area contributed by atoms with Gasteiger partial charge in [-0.1, -0.05) is 30.3 Å². The molecule has 2 atom stereocenters. The molecule has 0 fully saturated rings. The topological polar surface area (TPSA) is 212 Å². The van der Waals surface area contributed by atoms with Crippen molar-refractivity contribution in [3.63, 3.8) is 0 Å². The van der Waals surface area contributed by atoms with Gasteiger partial charge in [0, 0.05) is 12.1 Å². The van der Waals surface area contributed by atoms with E-state index in [-0.39, 0.29) is 18.0 Å². The van der Waals surface area contributed by atoms with Gasteiger partial charge in [0.25, 0.3) is 5.69 Å². The van der Waals surface area contributed by atoms with Gasteiger partial charge >= 0.3 is 18.0 Å². The number of aliphatic hydroxyl groups excluding tert-OH is 1. The summed E-state index contributed by atoms with van der Waals surface area (Å²) in [6, 6.07) is 10.2. The van der Waals surface area contributed by atoms with E-state index < -0.39 is 66.4 Å². The van der Waals surface area contributed by atoms with Crippen LogP contribution in [0.2, 0.25) is 0 Å². The predicted octanol–water partition coefficient (Wildman–Crippen LogP) is -0.0484. The zero-order chi connectivity index (χ0) is 28.8. The number of aliphatic hydroxyl groups is 1. The van der Waals surface area contributed by atoms with E-state index in [2.05, 4.69) is 20.7 Å². The summed E-state index contributed by atoms with van der Waals surface area (Å²) in [4.78, 5) is 71.1. The molecule has 0 saturated carbocycles. The monoisotopic (exact) mass is 546 g/mol. The second kappa shape index (κ2) is 15.3. The second-order valence-electron chi connectivity index (χ2n) is 7.73. The first-order valence-electron chi connectivity index (χ1n) is 11.3. The van der Waals surface area contributed by atoms with E-state index >= 15 is 0 Å².